The second-order valence-corrected chi connectivity index (χ2v) is 4.62. The molecule has 8 heteroatoms. The van der Waals surface area contributed by atoms with Gasteiger partial charge in [-0.05, 0) is 24.3 Å². The molecule has 0 spiro atoms. The third kappa shape index (κ3) is 3.29. The van der Waals surface area contributed by atoms with Gasteiger partial charge in [0.1, 0.15) is 36.1 Å². The van der Waals surface area contributed by atoms with Gasteiger partial charge in [0.25, 0.3) is 0 Å². The van der Waals surface area contributed by atoms with E-state index in [-0.39, 0.29) is 19.0 Å². The fourth-order valence-electron chi connectivity index (χ4n) is 1.90. The van der Waals surface area contributed by atoms with Crippen LogP contribution in [0.15, 0.2) is 36.9 Å². The van der Waals surface area contributed by atoms with Crippen molar-refractivity contribution in [3.63, 3.8) is 0 Å². The first-order chi connectivity index (χ1) is 10.7. The molecule has 0 aliphatic rings. The van der Waals surface area contributed by atoms with Gasteiger partial charge in [0.15, 0.2) is 11.5 Å². The largest absolute Gasteiger partial charge is 0.491 e. The molecule has 3 aromatic rings. The Bertz CT molecular complexity index is 746. The van der Waals surface area contributed by atoms with Crippen LogP contribution in [0.4, 0.5) is 10.2 Å². The van der Waals surface area contributed by atoms with Crippen LogP contribution in [0.25, 0.3) is 11.2 Å². The molecule has 2 aromatic heterocycles. The van der Waals surface area contributed by atoms with E-state index < -0.39 is 6.10 Å². The summed E-state index contributed by atoms with van der Waals surface area (Å²) in [7, 11) is 0. The highest BCUT2D eigenvalue weighted by Gasteiger charge is 2.09. The number of aromatic amines is 1. The van der Waals surface area contributed by atoms with E-state index in [0.29, 0.717) is 22.7 Å². The topological polar surface area (TPSA) is 96.0 Å². The van der Waals surface area contributed by atoms with Gasteiger partial charge in [0, 0.05) is 6.54 Å². The highest BCUT2D eigenvalue weighted by atomic mass is 19.1. The Morgan fingerprint density at radius 2 is 2.05 bits per heavy atom. The predicted octanol–water partition coefficient (Wildman–Crippen LogP) is 1.34. The molecule has 0 bridgehead atoms. The monoisotopic (exact) mass is 303 g/mol. The zero-order valence-corrected chi connectivity index (χ0v) is 11.5. The molecule has 0 fully saturated rings. The van der Waals surface area contributed by atoms with Crippen molar-refractivity contribution in [3.8, 4) is 5.75 Å². The van der Waals surface area contributed by atoms with Crippen molar-refractivity contribution in [1.82, 2.24) is 19.9 Å². The third-order valence-electron chi connectivity index (χ3n) is 2.98. The van der Waals surface area contributed by atoms with Crippen LogP contribution >= 0.6 is 0 Å². The minimum absolute atomic E-state index is 0.0792. The van der Waals surface area contributed by atoms with Crippen molar-refractivity contribution in [1.29, 1.82) is 0 Å². The van der Waals surface area contributed by atoms with Crippen molar-refractivity contribution in [3.05, 3.63) is 42.7 Å². The summed E-state index contributed by atoms with van der Waals surface area (Å²) in [6, 6.07) is 5.62. The summed E-state index contributed by atoms with van der Waals surface area (Å²) >= 11 is 0. The second-order valence-electron chi connectivity index (χ2n) is 4.62. The Morgan fingerprint density at radius 1 is 1.23 bits per heavy atom. The van der Waals surface area contributed by atoms with Crippen molar-refractivity contribution in [2.75, 3.05) is 18.5 Å². The van der Waals surface area contributed by atoms with Crippen molar-refractivity contribution in [2.24, 2.45) is 0 Å². The standard InChI is InChI=1S/C14H14FN5O2/c15-9-1-3-11(4-2-9)22-6-10(21)5-16-13-12-14(18-7-17-12)20-8-19-13/h1-4,7-8,10,21H,5-6H2,(H2,16,17,18,19,20). The normalized spacial score (nSPS) is 12.3. The van der Waals surface area contributed by atoms with Gasteiger partial charge in [-0.15, -0.1) is 0 Å². The molecule has 7 nitrogen and oxygen atoms in total. The molecule has 114 valence electrons. The number of halogens is 1. The van der Waals surface area contributed by atoms with Crippen molar-refractivity contribution >= 4 is 17.0 Å². The number of aliphatic hydroxyl groups excluding tert-OH is 1. The molecular formula is C14H14FN5O2. The van der Waals surface area contributed by atoms with Gasteiger partial charge in [-0.25, -0.2) is 19.3 Å². The molecule has 0 aliphatic carbocycles. The number of fused-ring (bicyclic) bond motifs is 1. The lowest BCUT2D eigenvalue weighted by atomic mass is 10.3. The van der Waals surface area contributed by atoms with Crippen LogP contribution in [0.2, 0.25) is 0 Å². The summed E-state index contributed by atoms with van der Waals surface area (Å²) < 4.78 is 18.1. The van der Waals surface area contributed by atoms with Gasteiger partial charge in [-0.2, -0.15) is 0 Å². The second kappa shape index (κ2) is 6.35. The summed E-state index contributed by atoms with van der Waals surface area (Å²) in [6.45, 7) is 0.322. The van der Waals surface area contributed by atoms with E-state index in [4.69, 9.17) is 4.74 Å². The third-order valence-corrected chi connectivity index (χ3v) is 2.98. The molecule has 0 saturated carbocycles. The molecular weight excluding hydrogens is 289 g/mol. The van der Waals surface area contributed by atoms with Crippen LogP contribution in [-0.2, 0) is 0 Å². The number of aliphatic hydroxyl groups is 1. The number of imidazole rings is 1. The van der Waals surface area contributed by atoms with E-state index in [9.17, 15) is 9.50 Å². The van der Waals surface area contributed by atoms with Gasteiger partial charge in [0.2, 0.25) is 0 Å². The number of nitrogens with zero attached hydrogens (tertiary/aromatic N) is 3. The van der Waals surface area contributed by atoms with E-state index in [2.05, 4.69) is 25.3 Å². The van der Waals surface area contributed by atoms with E-state index in [1.54, 1.807) is 0 Å². The molecule has 1 aromatic carbocycles. The maximum absolute atomic E-state index is 12.8. The summed E-state index contributed by atoms with van der Waals surface area (Å²) in [5.41, 5.74) is 1.23. The van der Waals surface area contributed by atoms with Crippen molar-refractivity contribution < 1.29 is 14.2 Å². The molecule has 0 radical (unpaired) electrons. The van der Waals surface area contributed by atoms with Gasteiger partial charge < -0.3 is 20.1 Å². The Hall–Kier alpha value is -2.74. The lowest BCUT2D eigenvalue weighted by Crippen LogP contribution is -2.26. The van der Waals surface area contributed by atoms with Crippen molar-refractivity contribution in [2.45, 2.75) is 6.10 Å². The average molecular weight is 303 g/mol. The van der Waals surface area contributed by atoms with Gasteiger partial charge in [-0.3, -0.25) is 0 Å². The molecule has 0 saturated heterocycles. The van der Waals surface area contributed by atoms with Crippen LogP contribution in [0, 0.1) is 5.82 Å². The number of benzene rings is 1. The number of ether oxygens (including phenoxy) is 1. The molecule has 1 atom stereocenters. The quantitative estimate of drug-likeness (QED) is 0.636. The first-order valence-electron chi connectivity index (χ1n) is 6.67. The summed E-state index contributed by atoms with van der Waals surface area (Å²) in [5, 5.41) is 12.9. The smallest absolute Gasteiger partial charge is 0.182 e. The van der Waals surface area contributed by atoms with E-state index in [0.717, 1.165) is 0 Å². The molecule has 1 unspecified atom stereocenters. The highest BCUT2D eigenvalue weighted by Crippen LogP contribution is 2.14. The van der Waals surface area contributed by atoms with E-state index in [1.807, 2.05) is 0 Å². The number of nitrogens with one attached hydrogen (secondary N) is 2. The van der Waals surface area contributed by atoms with Crippen LogP contribution in [0.1, 0.15) is 0 Å². The molecule has 0 amide bonds. The number of anilines is 1. The fourth-order valence-corrected chi connectivity index (χ4v) is 1.90. The molecule has 3 rings (SSSR count). The summed E-state index contributed by atoms with van der Waals surface area (Å²) in [6.07, 6.45) is 2.17. The first-order valence-corrected chi connectivity index (χ1v) is 6.67. The zero-order valence-electron chi connectivity index (χ0n) is 11.5. The zero-order chi connectivity index (χ0) is 15.4. The minimum Gasteiger partial charge on any atom is -0.491 e. The molecule has 3 N–H and O–H groups in total. The Kier molecular flexibility index (Phi) is 4.10. The predicted molar refractivity (Wildman–Crippen MR) is 78.1 cm³/mol. The maximum atomic E-state index is 12.8. The van der Waals surface area contributed by atoms with Crippen LogP contribution in [-0.4, -0.2) is 44.3 Å². The average Bonchev–Trinajstić information content (AvgIpc) is 3.01. The van der Waals surface area contributed by atoms with E-state index in [1.165, 1.54) is 36.9 Å². The maximum Gasteiger partial charge on any atom is 0.182 e. The summed E-state index contributed by atoms with van der Waals surface area (Å²) in [5.74, 6) is 0.726. The number of aromatic nitrogens is 4. The molecule has 2 heterocycles. The first kappa shape index (κ1) is 14.2. The van der Waals surface area contributed by atoms with Gasteiger partial charge in [-0.1, -0.05) is 0 Å². The highest BCUT2D eigenvalue weighted by molar-refractivity contribution is 5.81. The molecule has 22 heavy (non-hydrogen) atoms. The Labute approximate surface area is 125 Å². The van der Waals surface area contributed by atoms with E-state index >= 15 is 0 Å². The van der Waals surface area contributed by atoms with Gasteiger partial charge >= 0.3 is 0 Å². The molecule has 0 aliphatic heterocycles. The lowest BCUT2D eigenvalue weighted by molar-refractivity contribution is 0.117. The Morgan fingerprint density at radius 3 is 2.86 bits per heavy atom. The number of H-pyrrole nitrogens is 1. The van der Waals surface area contributed by atoms with Gasteiger partial charge in [0.05, 0.1) is 6.33 Å². The van der Waals surface area contributed by atoms with Crippen LogP contribution < -0.4 is 10.1 Å². The van der Waals surface area contributed by atoms with Crippen LogP contribution in [0.3, 0.4) is 0 Å². The fraction of sp³-hybridized carbons (Fsp3) is 0.214. The lowest BCUT2D eigenvalue weighted by Gasteiger charge is -2.13. The number of rotatable bonds is 6. The SMILES string of the molecule is OC(CNc1ncnc2nc[nH]c12)COc1ccc(F)cc1. The summed E-state index contributed by atoms with van der Waals surface area (Å²) in [4.78, 5) is 15.0. The number of hydrogen-bond acceptors (Lipinski definition) is 6. The van der Waals surface area contributed by atoms with Crippen LogP contribution in [0.5, 0.6) is 5.75 Å². The minimum atomic E-state index is -0.752. The Balaban J connectivity index is 1.53. The number of hydrogen-bond donors (Lipinski definition) is 3.